The Balaban J connectivity index is 2.55. The molecule has 0 aromatic carbocycles. The molecule has 4 heteroatoms. The molecule has 1 aliphatic rings. The molecule has 1 aliphatic heterocycles. The monoisotopic (exact) mass is 191 g/mol. The van der Waals surface area contributed by atoms with E-state index in [0.717, 1.165) is 19.3 Å². The third-order valence-corrected chi connectivity index (χ3v) is 4.61. The van der Waals surface area contributed by atoms with Gasteiger partial charge in [0, 0.05) is 0 Å². The van der Waals surface area contributed by atoms with Gasteiger partial charge >= 0.3 is 0 Å². The molecule has 0 amide bonds. The van der Waals surface area contributed by atoms with Crippen molar-refractivity contribution in [3.8, 4) is 0 Å². The molecule has 0 bridgehead atoms. The van der Waals surface area contributed by atoms with E-state index in [1.54, 1.807) is 0 Å². The van der Waals surface area contributed by atoms with E-state index in [4.69, 9.17) is 5.73 Å². The molecule has 0 atom stereocenters. The third kappa shape index (κ3) is 1.98. The minimum Gasteiger partial charge on any atom is -0.330 e. The van der Waals surface area contributed by atoms with E-state index in [-0.39, 0.29) is 5.41 Å². The van der Waals surface area contributed by atoms with Gasteiger partial charge in [-0.1, -0.05) is 13.3 Å². The number of hydrogen-bond donors (Lipinski definition) is 1. The van der Waals surface area contributed by atoms with E-state index >= 15 is 0 Å². The van der Waals surface area contributed by atoms with Crippen molar-refractivity contribution < 1.29 is 8.42 Å². The van der Waals surface area contributed by atoms with Crippen LogP contribution in [0.25, 0.3) is 0 Å². The first-order valence-corrected chi connectivity index (χ1v) is 6.26. The van der Waals surface area contributed by atoms with Crippen molar-refractivity contribution in [3.05, 3.63) is 0 Å². The number of sulfone groups is 1. The SMILES string of the molecule is CCCC1(CCN)CS(=O)(=O)C1. The van der Waals surface area contributed by atoms with Crippen LogP contribution in [0.4, 0.5) is 0 Å². The first-order chi connectivity index (χ1) is 5.54. The fourth-order valence-corrected chi connectivity index (χ4v) is 4.50. The molecule has 0 unspecified atom stereocenters. The molecule has 1 saturated heterocycles. The second-order valence-corrected chi connectivity index (χ2v) is 5.89. The highest BCUT2D eigenvalue weighted by Crippen LogP contribution is 2.39. The molecule has 0 aromatic rings. The van der Waals surface area contributed by atoms with Crippen LogP contribution in [0.3, 0.4) is 0 Å². The van der Waals surface area contributed by atoms with Crippen molar-refractivity contribution in [2.24, 2.45) is 11.1 Å². The topological polar surface area (TPSA) is 60.2 Å². The average molecular weight is 191 g/mol. The smallest absolute Gasteiger partial charge is 0.151 e. The summed E-state index contributed by atoms with van der Waals surface area (Å²) in [5.74, 6) is 0.732. The standard InChI is InChI=1S/C8H17NO2S/c1-2-3-8(4-5-9)6-12(10,11)7-8/h2-7,9H2,1H3. The minimum atomic E-state index is -2.69. The summed E-state index contributed by atoms with van der Waals surface area (Å²) in [6.45, 7) is 2.69. The highest BCUT2D eigenvalue weighted by atomic mass is 32.2. The Morgan fingerprint density at radius 1 is 1.33 bits per heavy atom. The Hall–Kier alpha value is -0.0900. The van der Waals surface area contributed by atoms with E-state index in [9.17, 15) is 8.42 Å². The largest absolute Gasteiger partial charge is 0.330 e. The summed E-state index contributed by atoms with van der Waals surface area (Å²) in [6.07, 6.45) is 2.92. The number of nitrogens with two attached hydrogens (primary N) is 1. The second-order valence-electron chi connectivity index (χ2n) is 3.82. The lowest BCUT2D eigenvalue weighted by molar-refractivity contribution is 0.284. The van der Waals surface area contributed by atoms with Gasteiger partial charge in [-0.25, -0.2) is 8.42 Å². The van der Waals surface area contributed by atoms with Crippen molar-refractivity contribution in [3.63, 3.8) is 0 Å². The van der Waals surface area contributed by atoms with Crippen molar-refractivity contribution in [1.29, 1.82) is 0 Å². The van der Waals surface area contributed by atoms with Crippen LogP contribution in [-0.2, 0) is 9.84 Å². The molecule has 1 rings (SSSR count). The Bertz CT molecular complexity index is 226. The first kappa shape index (κ1) is 9.99. The summed E-state index contributed by atoms with van der Waals surface area (Å²) in [5, 5.41) is 0. The molecule has 0 saturated carbocycles. The van der Waals surface area contributed by atoms with Crippen molar-refractivity contribution in [1.82, 2.24) is 0 Å². The van der Waals surface area contributed by atoms with Gasteiger partial charge in [-0.2, -0.15) is 0 Å². The van der Waals surface area contributed by atoms with E-state index in [1.807, 2.05) is 0 Å². The Morgan fingerprint density at radius 2 is 1.92 bits per heavy atom. The van der Waals surface area contributed by atoms with Crippen LogP contribution < -0.4 is 5.73 Å². The molecular weight excluding hydrogens is 174 g/mol. The molecular formula is C8H17NO2S. The van der Waals surface area contributed by atoms with Crippen LogP contribution in [0, 0.1) is 5.41 Å². The van der Waals surface area contributed by atoms with Crippen LogP contribution >= 0.6 is 0 Å². The Labute approximate surface area is 74.3 Å². The summed E-state index contributed by atoms with van der Waals surface area (Å²) in [6, 6.07) is 0. The van der Waals surface area contributed by atoms with Crippen LogP contribution in [0.2, 0.25) is 0 Å². The van der Waals surface area contributed by atoms with Gasteiger partial charge in [-0.3, -0.25) is 0 Å². The Kier molecular flexibility index (Phi) is 2.78. The average Bonchev–Trinajstić information content (AvgIpc) is 1.83. The molecule has 0 aromatic heterocycles. The van der Waals surface area contributed by atoms with Gasteiger partial charge in [0.1, 0.15) is 0 Å². The highest BCUT2D eigenvalue weighted by Gasteiger charge is 2.46. The van der Waals surface area contributed by atoms with Crippen molar-refractivity contribution in [2.75, 3.05) is 18.1 Å². The predicted octanol–water partition coefficient (Wildman–Crippen LogP) is 0.550. The van der Waals surface area contributed by atoms with Crippen LogP contribution in [0.5, 0.6) is 0 Å². The lowest BCUT2D eigenvalue weighted by atomic mass is 9.83. The zero-order valence-electron chi connectivity index (χ0n) is 7.54. The molecule has 3 nitrogen and oxygen atoms in total. The van der Waals surface area contributed by atoms with Gasteiger partial charge in [0.05, 0.1) is 11.5 Å². The molecule has 0 spiro atoms. The molecule has 72 valence electrons. The number of rotatable bonds is 4. The molecule has 2 N–H and O–H groups in total. The van der Waals surface area contributed by atoms with Crippen LogP contribution in [-0.4, -0.2) is 26.5 Å². The van der Waals surface area contributed by atoms with Gasteiger partial charge in [0.25, 0.3) is 0 Å². The summed E-state index contributed by atoms with van der Waals surface area (Å²) in [7, 11) is -2.69. The molecule has 1 fully saturated rings. The van der Waals surface area contributed by atoms with Gasteiger partial charge in [0.2, 0.25) is 0 Å². The number of hydrogen-bond acceptors (Lipinski definition) is 3. The molecule has 0 aliphatic carbocycles. The minimum absolute atomic E-state index is 0.0440. The lowest BCUT2D eigenvalue weighted by Crippen LogP contribution is -2.49. The predicted molar refractivity (Wildman–Crippen MR) is 49.7 cm³/mol. The normalized spacial score (nSPS) is 24.8. The van der Waals surface area contributed by atoms with Gasteiger partial charge in [-0.05, 0) is 24.8 Å². The quantitative estimate of drug-likeness (QED) is 0.706. The second kappa shape index (κ2) is 3.34. The van der Waals surface area contributed by atoms with Gasteiger partial charge in [-0.15, -0.1) is 0 Å². The zero-order valence-corrected chi connectivity index (χ0v) is 8.36. The fourth-order valence-electron chi connectivity index (χ4n) is 2.14. The summed E-state index contributed by atoms with van der Waals surface area (Å²) in [5.41, 5.74) is 5.49. The van der Waals surface area contributed by atoms with Gasteiger partial charge < -0.3 is 5.73 Å². The van der Waals surface area contributed by atoms with Crippen LogP contribution in [0.1, 0.15) is 26.2 Å². The van der Waals surface area contributed by atoms with Crippen molar-refractivity contribution in [2.45, 2.75) is 26.2 Å². The first-order valence-electron chi connectivity index (χ1n) is 4.44. The third-order valence-electron chi connectivity index (χ3n) is 2.51. The summed E-state index contributed by atoms with van der Waals surface area (Å²) in [4.78, 5) is 0. The van der Waals surface area contributed by atoms with Crippen molar-refractivity contribution >= 4 is 9.84 Å². The maximum Gasteiger partial charge on any atom is 0.151 e. The van der Waals surface area contributed by atoms with E-state index in [1.165, 1.54) is 0 Å². The maximum atomic E-state index is 11.0. The lowest BCUT2D eigenvalue weighted by Gasteiger charge is -2.41. The van der Waals surface area contributed by atoms with E-state index in [2.05, 4.69) is 6.92 Å². The molecule has 1 heterocycles. The summed E-state index contributed by atoms with van der Waals surface area (Å²) < 4.78 is 22.0. The maximum absolute atomic E-state index is 11.0. The van der Waals surface area contributed by atoms with E-state index in [0.29, 0.717) is 18.1 Å². The Morgan fingerprint density at radius 3 is 2.25 bits per heavy atom. The zero-order chi connectivity index (χ0) is 9.24. The van der Waals surface area contributed by atoms with E-state index < -0.39 is 9.84 Å². The van der Waals surface area contributed by atoms with Crippen LogP contribution in [0.15, 0.2) is 0 Å². The molecule has 12 heavy (non-hydrogen) atoms. The fraction of sp³-hybridized carbons (Fsp3) is 1.00. The molecule has 0 radical (unpaired) electrons. The highest BCUT2D eigenvalue weighted by molar-refractivity contribution is 7.92. The summed E-state index contributed by atoms with van der Waals surface area (Å²) >= 11 is 0. The van der Waals surface area contributed by atoms with Gasteiger partial charge in [0.15, 0.2) is 9.84 Å².